The molecule has 2 aromatic carbocycles. The van der Waals surface area contributed by atoms with Crippen molar-refractivity contribution in [2.45, 2.75) is 6.92 Å². The molecule has 0 saturated heterocycles. The van der Waals surface area contributed by atoms with Crippen molar-refractivity contribution in [2.75, 3.05) is 20.0 Å². The molecule has 0 saturated carbocycles. The summed E-state index contributed by atoms with van der Waals surface area (Å²) in [5, 5.41) is -0.267. The molecular weight excluding hydrogens is 484 g/mol. The van der Waals surface area contributed by atoms with Gasteiger partial charge in [0.15, 0.2) is 5.78 Å². The van der Waals surface area contributed by atoms with Gasteiger partial charge in [0.05, 0.1) is 20.0 Å². The molecule has 0 aliphatic heterocycles. The van der Waals surface area contributed by atoms with Gasteiger partial charge in [-0.2, -0.15) is 0 Å². The van der Waals surface area contributed by atoms with Gasteiger partial charge in [0.2, 0.25) is 5.12 Å². The average Bonchev–Trinajstić information content (AvgIpc) is 2.76. The smallest absolute Gasteiger partial charge is 0.321 e. The van der Waals surface area contributed by atoms with Gasteiger partial charge in [0.25, 0.3) is 0 Å². The third-order valence-corrected chi connectivity index (χ3v) is 5.23. The number of thioether (sulfide) groups is 1. The van der Waals surface area contributed by atoms with E-state index in [4.69, 9.17) is 14.2 Å². The van der Waals surface area contributed by atoms with E-state index in [1.807, 2.05) is 24.3 Å². The van der Waals surface area contributed by atoms with Crippen LogP contribution in [0, 0.1) is 0 Å². The molecule has 0 aliphatic rings. The first-order valence-corrected chi connectivity index (χ1v) is 10.9. The fourth-order valence-electron chi connectivity index (χ4n) is 2.46. The van der Waals surface area contributed by atoms with Gasteiger partial charge in [-0.25, -0.2) is 0 Å². The molecule has 0 spiro atoms. The van der Waals surface area contributed by atoms with E-state index in [1.54, 1.807) is 19.1 Å². The number of ketones is 1. The second-order valence-corrected chi connectivity index (χ2v) is 7.93. The van der Waals surface area contributed by atoms with Gasteiger partial charge in [-0.05, 0) is 36.8 Å². The Morgan fingerprint density at radius 3 is 2.29 bits per heavy atom. The monoisotopic (exact) mass is 504 g/mol. The van der Waals surface area contributed by atoms with E-state index in [1.165, 1.54) is 38.5 Å². The van der Waals surface area contributed by atoms with Gasteiger partial charge in [-0.15, -0.1) is 0 Å². The Morgan fingerprint density at radius 1 is 1.00 bits per heavy atom. The Balaban J connectivity index is 2.31. The van der Waals surface area contributed by atoms with E-state index in [0.29, 0.717) is 5.75 Å². The maximum atomic E-state index is 12.9. The Hall–Kier alpha value is -2.84. The van der Waals surface area contributed by atoms with Crippen molar-refractivity contribution in [1.29, 1.82) is 0 Å². The molecule has 0 heterocycles. The standard InChI is InChI=1S/C23H21BrO6S/c1-4-5-22(27)31-14-21(26)30-20-13-17(28-2)12-19(29-3)23(20)18(25)11-8-15-6-9-16(24)10-7-15/h4-13H,14H2,1-3H3/b5-4+,11-8+. The molecule has 0 N–H and O–H groups in total. The topological polar surface area (TPSA) is 78.9 Å². The molecule has 0 fully saturated rings. The lowest BCUT2D eigenvalue weighted by Gasteiger charge is -2.14. The Morgan fingerprint density at radius 2 is 1.68 bits per heavy atom. The Labute approximate surface area is 193 Å². The molecule has 31 heavy (non-hydrogen) atoms. The van der Waals surface area contributed by atoms with Crippen molar-refractivity contribution in [3.8, 4) is 17.2 Å². The zero-order chi connectivity index (χ0) is 22.8. The van der Waals surface area contributed by atoms with Gasteiger partial charge < -0.3 is 14.2 Å². The zero-order valence-corrected chi connectivity index (χ0v) is 19.6. The largest absolute Gasteiger partial charge is 0.496 e. The lowest BCUT2D eigenvalue weighted by Crippen LogP contribution is -2.14. The molecule has 2 rings (SSSR count). The number of hydrogen-bond acceptors (Lipinski definition) is 7. The van der Waals surface area contributed by atoms with Crippen LogP contribution in [0.2, 0.25) is 0 Å². The summed E-state index contributed by atoms with van der Waals surface area (Å²) >= 11 is 4.17. The van der Waals surface area contributed by atoms with E-state index >= 15 is 0 Å². The van der Waals surface area contributed by atoms with Gasteiger partial charge in [-0.1, -0.05) is 52.0 Å². The quantitative estimate of drug-likeness (QED) is 0.203. The first-order valence-electron chi connectivity index (χ1n) is 9.12. The highest BCUT2D eigenvalue weighted by Gasteiger charge is 2.21. The molecule has 0 amide bonds. The van der Waals surface area contributed by atoms with Crippen molar-refractivity contribution < 1.29 is 28.6 Å². The van der Waals surface area contributed by atoms with Crippen molar-refractivity contribution in [3.05, 3.63) is 70.2 Å². The van der Waals surface area contributed by atoms with Crippen LogP contribution < -0.4 is 14.2 Å². The number of hydrogen-bond donors (Lipinski definition) is 0. The van der Waals surface area contributed by atoms with Crippen LogP contribution >= 0.6 is 27.7 Å². The number of allylic oxidation sites excluding steroid dienone is 2. The molecule has 0 aromatic heterocycles. The minimum Gasteiger partial charge on any atom is -0.496 e. The van der Waals surface area contributed by atoms with Crippen LogP contribution in [0.1, 0.15) is 22.8 Å². The summed E-state index contributed by atoms with van der Waals surface area (Å²) in [5.74, 6) is -0.751. The summed E-state index contributed by atoms with van der Waals surface area (Å²) < 4.78 is 16.9. The van der Waals surface area contributed by atoms with Gasteiger partial charge in [0, 0.05) is 16.6 Å². The normalized spacial score (nSPS) is 11.0. The molecule has 0 aliphatic carbocycles. The molecular formula is C23H21BrO6S. The lowest BCUT2D eigenvalue weighted by atomic mass is 10.1. The van der Waals surface area contributed by atoms with E-state index in [-0.39, 0.29) is 27.9 Å². The first kappa shape index (κ1) is 24.4. The molecule has 2 aromatic rings. The number of methoxy groups -OCH3 is 2. The lowest BCUT2D eigenvalue weighted by molar-refractivity contribution is -0.131. The van der Waals surface area contributed by atoms with Crippen LogP contribution in [0.5, 0.6) is 17.2 Å². The van der Waals surface area contributed by atoms with Crippen LogP contribution in [0.3, 0.4) is 0 Å². The third kappa shape index (κ3) is 7.41. The van der Waals surface area contributed by atoms with Crippen molar-refractivity contribution in [3.63, 3.8) is 0 Å². The van der Waals surface area contributed by atoms with Crippen LogP contribution in [0.25, 0.3) is 6.08 Å². The number of carbonyl (C=O) groups is 3. The number of carbonyl (C=O) groups excluding carboxylic acids is 3. The van der Waals surface area contributed by atoms with Crippen molar-refractivity contribution in [2.24, 2.45) is 0 Å². The number of benzene rings is 2. The Bertz CT molecular complexity index is 1010. The van der Waals surface area contributed by atoms with E-state index < -0.39 is 11.8 Å². The summed E-state index contributed by atoms with van der Waals surface area (Å²) in [6.45, 7) is 1.71. The summed E-state index contributed by atoms with van der Waals surface area (Å²) in [7, 11) is 2.85. The predicted molar refractivity (Wildman–Crippen MR) is 125 cm³/mol. The highest BCUT2D eigenvalue weighted by atomic mass is 79.9. The maximum absolute atomic E-state index is 12.9. The van der Waals surface area contributed by atoms with E-state index in [0.717, 1.165) is 21.8 Å². The van der Waals surface area contributed by atoms with E-state index in [9.17, 15) is 14.4 Å². The van der Waals surface area contributed by atoms with Crippen LogP contribution in [-0.4, -0.2) is 36.8 Å². The van der Waals surface area contributed by atoms with Crippen molar-refractivity contribution in [1.82, 2.24) is 0 Å². The maximum Gasteiger partial charge on any atom is 0.321 e. The van der Waals surface area contributed by atoms with E-state index in [2.05, 4.69) is 15.9 Å². The fourth-order valence-corrected chi connectivity index (χ4v) is 3.28. The van der Waals surface area contributed by atoms with Crippen LogP contribution in [-0.2, 0) is 9.59 Å². The number of esters is 1. The average molecular weight is 505 g/mol. The summed E-state index contributed by atoms with van der Waals surface area (Å²) in [5.41, 5.74) is 0.899. The molecule has 0 unspecified atom stereocenters. The van der Waals surface area contributed by atoms with Crippen LogP contribution in [0.4, 0.5) is 0 Å². The number of rotatable bonds is 9. The molecule has 6 nitrogen and oxygen atoms in total. The van der Waals surface area contributed by atoms with Gasteiger partial charge in [-0.3, -0.25) is 14.4 Å². The third-order valence-electron chi connectivity index (χ3n) is 3.90. The van der Waals surface area contributed by atoms with Crippen LogP contribution in [0.15, 0.2) is 59.1 Å². The summed E-state index contributed by atoms with van der Waals surface area (Å²) in [4.78, 5) is 36.8. The minimum absolute atomic E-state index is 0.00858. The first-order chi connectivity index (χ1) is 14.9. The summed E-state index contributed by atoms with van der Waals surface area (Å²) in [6, 6.07) is 10.4. The highest BCUT2D eigenvalue weighted by Crippen LogP contribution is 2.35. The SMILES string of the molecule is C/C=C/C(=O)SCC(=O)Oc1cc(OC)cc(OC)c1C(=O)/C=C/c1ccc(Br)cc1. The Kier molecular flexibility index (Phi) is 9.55. The minimum atomic E-state index is -0.677. The predicted octanol–water partition coefficient (Wildman–Crippen LogP) is 5.10. The second kappa shape index (κ2) is 12.1. The highest BCUT2D eigenvalue weighted by molar-refractivity contribution is 9.10. The zero-order valence-electron chi connectivity index (χ0n) is 17.2. The molecule has 8 heteroatoms. The number of ether oxygens (including phenoxy) is 3. The van der Waals surface area contributed by atoms with Gasteiger partial charge in [0.1, 0.15) is 22.8 Å². The summed E-state index contributed by atoms with van der Waals surface area (Å²) in [6.07, 6.45) is 5.96. The molecule has 162 valence electrons. The molecule has 0 atom stereocenters. The molecule has 0 radical (unpaired) electrons. The van der Waals surface area contributed by atoms with Gasteiger partial charge >= 0.3 is 5.97 Å². The van der Waals surface area contributed by atoms with Crippen molar-refractivity contribution >= 4 is 50.6 Å². The number of halogens is 1. The molecule has 0 bridgehead atoms. The second-order valence-electron chi connectivity index (χ2n) is 6.03. The fraction of sp³-hybridized carbons (Fsp3) is 0.174.